The number of rotatable bonds is 0. The SMILES string of the molecule is CC(C)(C)OC(=O)N1CCC2NCCCNC2C1. The number of fused-ring (bicyclic) bond motifs is 1. The molecule has 5 heteroatoms. The second-order valence-corrected chi connectivity index (χ2v) is 6.19. The maximum Gasteiger partial charge on any atom is 0.410 e. The van der Waals surface area contributed by atoms with Crippen LogP contribution in [0.5, 0.6) is 0 Å². The molecule has 0 aromatic heterocycles. The molecule has 2 aliphatic rings. The van der Waals surface area contributed by atoms with Crippen LogP contribution < -0.4 is 10.6 Å². The van der Waals surface area contributed by atoms with Crippen molar-refractivity contribution in [2.45, 2.75) is 51.3 Å². The summed E-state index contributed by atoms with van der Waals surface area (Å²) in [4.78, 5) is 13.9. The quantitative estimate of drug-likeness (QED) is 0.676. The standard InChI is InChI=1S/C13H25N3O2/c1-13(2,3)18-12(17)16-8-5-10-11(9-16)15-7-4-6-14-10/h10-11,14-15H,4-9H2,1-3H3. The Morgan fingerprint density at radius 3 is 2.56 bits per heavy atom. The fourth-order valence-corrected chi connectivity index (χ4v) is 2.56. The van der Waals surface area contributed by atoms with E-state index in [4.69, 9.17) is 4.74 Å². The molecule has 0 aliphatic carbocycles. The molecule has 0 spiro atoms. The lowest BCUT2D eigenvalue weighted by atomic mass is 10.00. The third-order valence-electron chi connectivity index (χ3n) is 3.43. The summed E-state index contributed by atoms with van der Waals surface area (Å²) in [6.07, 6.45) is 1.96. The van der Waals surface area contributed by atoms with E-state index in [0.29, 0.717) is 12.1 Å². The molecule has 2 rings (SSSR count). The van der Waals surface area contributed by atoms with E-state index in [2.05, 4.69) is 10.6 Å². The van der Waals surface area contributed by atoms with E-state index in [0.717, 1.165) is 39.0 Å². The second-order valence-electron chi connectivity index (χ2n) is 6.19. The average Bonchev–Trinajstić information content (AvgIpc) is 2.50. The number of carbonyl (C=O) groups excluding carboxylic acids is 1. The Kier molecular flexibility index (Phi) is 4.12. The van der Waals surface area contributed by atoms with Crippen LogP contribution in [0.4, 0.5) is 4.79 Å². The average molecular weight is 255 g/mol. The van der Waals surface area contributed by atoms with Gasteiger partial charge < -0.3 is 20.3 Å². The number of amides is 1. The zero-order chi connectivity index (χ0) is 13.2. The fourth-order valence-electron chi connectivity index (χ4n) is 2.56. The lowest BCUT2D eigenvalue weighted by Gasteiger charge is -2.38. The lowest BCUT2D eigenvalue weighted by Crippen LogP contribution is -2.58. The van der Waals surface area contributed by atoms with Crippen LogP contribution in [0, 0.1) is 0 Å². The zero-order valence-electron chi connectivity index (χ0n) is 11.7. The first-order valence-electron chi connectivity index (χ1n) is 6.90. The van der Waals surface area contributed by atoms with Gasteiger partial charge in [-0.3, -0.25) is 0 Å². The second kappa shape index (κ2) is 5.45. The minimum Gasteiger partial charge on any atom is -0.444 e. The highest BCUT2D eigenvalue weighted by atomic mass is 16.6. The minimum absolute atomic E-state index is 0.188. The summed E-state index contributed by atoms with van der Waals surface area (Å²) < 4.78 is 5.43. The van der Waals surface area contributed by atoms with Gasteiger partial charge in [0, 0.05) is 25.2 Å². The number of nitrogens with zero attached hydrogens (tertiary/aromatic N) is 1. The Bertz CT molecular complexity index is 301. The van der Waals surface area contributed by atoms with Crippen LogP contribution in [-0.2, 0) is 4.74 Å². The van der Waals surface area contributed by atoms with Crippen molar-refractivity contribution in [1.82, 2.24) is 15.5 Å². The number of likely N-dealkylation sites (tertiary alicyclic amines) is 1. The third kappa shape index (κ3) is 3.59. The predicted octanol–water partition coefficient (Wildman–Crippen LogP) is 0.947. The summed E-state index contributed by atoms with van der Waals surface area (Å²) in [5.41, 5.74) is -0.414. The zero-order valence-corrected chi connectivity index (χ0v) is 11.7. The number of ether oxygens (including phenoxy) is 1. The van der Waals surface area contributed by atoms with Gasteiger partial charge in [0.15, 0.2) is 0 Å². The Morgan fingerprint density at radius 1 is 1.22 bits per heavy atom. The van der Waals surface area contributed by atoms with Crippen LogP contribution in [0.1, 0.15) is 33.6 Å². The molecule has 104 valence electrons. The number of carbonyl (C=O) groups is 1. The van der Waals surface area contributed by atoms with Gasteiger partial charge >= 0.3 is 6.09 Å². The van der Waals surface area contributed by atoms with Crippen LogP contribution in [0.25, 0.3) is 0 Å². The van der Waals surface area contributed by atoms with Gasteiger partial charge in [-0.1, -0.05) is 0 Å². The van der Waals surface area contributed by atoms with Crippen LogP contribution in [0.3, 0.4) is 0 Å². The first-order valence-corrected chi connectivity index (χ1v) is 6.90. The van der Waals surface area contributed by atoms with Gasteiger partial charge in [-0.25, -0.2) is 4.79 Å². The van der Waals surface area contributed by atoms with Crippen LogP contribution >= 0.6 is 0 Å². The summed E-state index contributed by atoms with van der Waals surface area (Å²) in [6, 6.07) is 0.847. The van der Waals surface area contributed by atoms with Crippen LogP contribution in [0.15, 0.2) is 0 Å². The van der Waals surface area contributed by atoms with Crippen molar-refractivity contribution >= 4 is 6.09 Å². The molecule has 0 saturated carbocycles. The molecule has 2 unspecified atom stereocenters. The monoisotopic (exact) mass is 255 g/mol. The van der Waals surface area contributed by atoms with Crippen LogP contribution in [-0.4, -0.2) is 54.9 Å². The van der Waals surface area contributed by atoms with Gasteiger partial charge in [-0.15, -0.1) is 0 Å². The molecule has 18 heavy (non-hydrogen) atoms. The Balaban J connectivity index is 1.91. The normalized spacial score (nSPS) is 29.4. The molecule has 5 nitrogen and oxygen atoms in total. The predicted molar refractivity (Wildman–Crippen MR) is 70.6 cm³/mol. The van der Waals surface area contributed by atoms with Crippen molar-refractivity contribution in [3.8, 4) is 0 Å². The molecule has 0 bridgehead atoms. The summed E-state index contributed by atoms with van der Waals surface area (Å²) in [6.45, 7) is 9.34. The highest BCUT2D eigenvalue weighted by Gasteiger charge is 2.33. The topological polar surface area (TPSA) is 53.6 Å². The highest BCUT2D eigenvalue weighted by molar-refractivity contribution is 5.68. The van der Waals surface area contributed by atoms with Crippen molar-refractivity contribution in [3.05, 3.63) is 0 Å². The first-order chi connectivity index (χ1) is 8.46. The van der Waals surface area contributed by atoms with Gasteiger partial charge in [0.25, 0.3) is 0 Å². The van der Waals surface area contributed by atoms with Gasteiger partial charge in [0.1, 0.15) is 5.60 Å². The Labute approximate surface area is 109 Å². The van der Waals surface area contributed by atoms with E-state index < -0.39 is 5.60 Å². The maximum absolute atomic E-state index is 12.0. The van der Waals surface area contributed by atoms with Crippen molar-refractivity contribution < 1.29 is 9.53 Å². The van der Waals surface area contributed by atoms with Gasteiger partial charge in [-0.2, -0.15) is 0 Å². The van der Waals surface area contributed by atoms with Crippen LogP contribution in [0.2, 0.25) is 0 Å². The highest BCUT2D eigenvalue weighted by Crippen LogP contribution is 2.16. The molecule has 2 N–H and O–H groups in total. The van der Waals surface area contributed by atoms with E-state index in [1.54, 1.807) is 0 Å². The molecular formula is C13H25N3O2. The minimum atomic E-state index is -0.414. The number of piperidine rings is 1. The summed E-state index contributed by atoms with van der Waals surface area (Å²) >= 11 is 0. The fraction of sp³-hybridized carbons (Fsp3) is 0.923. The molecule has 2 fully saturated rings. The summed E-state index contributed by atoms with van der Waals surface area (Å²) in [5, 5.41) is 7.07. The van der Waals surface area contributed by atoms with Gasteiger partial charge in [0.2, 0.25) is 0 Å². The molecule has 2 aliphatic heterocycles. The molecule has 1 amide bonds. The molecule has 2 saturated heterocycles. The van der Waals surface area contributed by atoms with Crippen molar-refractivity contribution in [1.29, 1.82) is 0 Å². The van der Waals surface area contributed by atoms with Crippen molar-refractivity contribution in [3.63, 3.8) is 0 Å². The van der Waals surface area contributed by atoms with Crippen molar-refractivity contribution in [2.75, 3.05) is 26.2 Å². The number of hydrogen-bond donors (Lipinski definition) is 2. The first kappa shape index (κ1) is 13.6. The lowest BCUT2D eigenvalue weighted by molar-refractivity contribution is 0.0167. The van der Waals surface area contributed by atoms with E-state index in [9.17, 15) is 4.79 Å². The number of nitrogens with one attached hydrogen (secondary N) is 2. The van der Waals surface area contributed by atoms with Gasteiger partial charge in [-0.05, 0) is 46.7 Å². The third-order valence-corrected chi connectivity index (χ3v) is 3.43. The molecule has 0 aromatic carbocycles. The molecule has 2 heterocycles. The van der Waals surface area contributed by atoms with E-state index in [1.165, 1.54) is 0 Å². The maximum atomic E-state index is 12.0. The van der Waals surface area contributed by atoms with Gasteiger partial charge in [0.05, 0.1) is 0 Å². The van der Waals surface area contributed by atoms with E-state index in [-0.39, 0.29) is 6.09 Å². The molecule has 2 atom stereocenters. The Morgan fingerprint density at radius 2 is 1.89 bits per heavy atom. The molecule has 0 aromatic rings. The van der Waals surface area contributed by atoms with E-state index >= 15 is 0 Å². The molecular weight excluding hydrogens is 230 g/mol. The number of hydrogen-bond acceptors (Lipinski definition) is 4. The Hall–Kier alpha value is -0.810. The summed E-state index contributed by atoms with van der Waals surface area (Å²) in [5.74, 6) is 0. The van der Waals surface area contributed by atoms with Crippen molar-refractivity contribution in [2.24, 2.45) is 0 Å². The summed E-state index contributed by atoms with van der Waals surface area (Å²) in [7, 11) is 0. The molecule has 0 radical (unpaired) electrons. The smallest absolute Gasteiger partial charge is 0.410 e. The largest absolute Gasteiger partial charge is 0.444 e. The van der Waals surface area contributed by atoms with E-state index in [1.807, 2.05) is 25.7 Å².